The molecule has 0 aliphatic rings. The van der Waals surface area contributed by atoms with Gasteiger partial charge < -0.3 is 5.32 Å². The highest BCUT2D eigenvalue weighted by Crippen LogP contribution is 2.30. The number of hydrogen-bond acceptors (Lipinski definition) is 3. The zero-order valence-corrected chi connectivity index (χ0v) is 16.4. The minimum absolute atomic E-state index is 0.412. The molecule has 0 atom stereocenters. The van der Waals surface area contributed by atoms with Gasteiger partial charge in [0, 0.05) is 12.2 Å². The van der Waals surface area contributed by atoms with Gasteiger partial charge >= 0.3 is 6.18 Å². The Bertz CT molecular complexity index is 906. The van der Waals surface area contributed by atoms with E-state index in [1.54, 1.807) is 26.8 Å². The summed E-state index contributed by atoms with van der Waals surface area (Å²) in [5.74, 6) is 0. The molecule has 2 aromatic carbocycles. The first-order valence-electron chi connectivity index (χ1n) is 8.43. The fraction of sp³-hybridized carbons (Fsp3) is 0.368. The van der Waals surface area contributed by atoms with Crippen LogP contribution in [0.4, 0.5) is 24.5 Å². The molecule has 0 bridgehead atoms. The van der Waals surface area contributed by atoms with Crippen LogP contribution in [0.5, 0.6) is 0 Å². The fourth-order valence-electron chi connectivity index (χ4n) is 2.42. The molecule has 148 valence electrons. The summed E-state index contributed by atoms with van der Waals surface area (Å²) in [5, 5.41) is 2.54. The van der Waals surface area contributed by atoms with Crippen LogP contribution in [0, 0.1) is 13.8 Å². The molecule has 0 saturated carbocycles. The number of aryl methyl sites for hydroxylation is 2. The Kier molecular flexibility index (Phi) is 6.09. The van der Waals surface area contributed by atoms with Crippen LogP contribution in [0.15, 0.2) is 36.4 Å². The van der Waals surface area contributed by atoms with Crippen molar-refractivity contribution in [1.29, 1.82) is 0 Å². The minimum Gasteiger partial charge on any atom is -0.381 e. The summed E-state index contributed by atoms with van der Waals surface area (Å²) < 4.78 is 64.5. The maximum atomic E-state index is 12.6. The van der Waals surface area contributed by atoms with E-state index in [0.29, 0.717) is 17.9 Å². The lowest BCUT2D eigenvalue weighted by Crippen LogP contribution is -2.23. The van der Waals surface area contributed by atoms with Gasteiger partial charge in [-0.15, -0.1) is 0 Å². The van der Waals surface area contributed by atoms with Crippen molar-refractivity contribution in [2.45, 2.75) is 45.7 Å². The lowest BCUT2D eigenvalue weighted by molar-refractivity contribution is -0.137. The second kappa shape index (κ2) is 7.80. The topological polar surface area (TPSA) is 58.2 Å². The molecule has 4 nitrogen and oxygen atoms in total. The summed E-state index contributed by atoms with van der Waals surface area (Å²) in [6.07, 6.45) is -4.36. The number of hydrogen-bond donors (Lipinski definition) is 2. The van der Waals surface area contributed by atoms with Crippen LogP contribution in [0.1, 0.15) is 36.1 Å². The molecule has 2 N–H and O–H groups in total. The van der Waals surface area contributed by atoms with Crippen LogP contribution >= 0.6 is 0 Å². The molecule has 0 aliphatic carbocycles. The lowest BCUT2D eigenvalue weighted by Gasteiger charge is -2.16. The van der Waals surface area contributed by atoms with Gasteiger partial charge in [0.15, 0.2) is 0 Å². The van der Waals surface area contributed by atoms with Crippen molar-refractivity contribution in [1.82, 2.24) is 0 Å². The van der Waals surface area contributed by atoms with Gasteiger partial charge in [-0.3, -0.25) is 4.72 Å². The molecule has 0 radical (unpaired) electrons. The van der Waals surface area contributed by atoms with Crippen LogP contribution in [-0.4, -0.2) is 13.7 Å². The van der Waals surface area contributed by atoms with Crippen molar-refractivity contribution in [3.8, 4) is 0 Å². The lowest BCUT2D eigenvalue weighted by atomic mass is 10.0. The Hall–Kier alpha value is -2.22. The summed E-state index contributed by atoms with van der Waals surface area (Å²) in [5.41, 5.74) is 2.99. The highest BCUT2D eigenvalue weighted by Gasteiger charge is 2.29. The number of rotatable bonds is 6. The maximum Gasteiger partial charge on any atom is 0.416 e. The third-order valence-corrected chi connectivity index (χ3v) is 6.00. The molecule has 2 rings (SSSR count). The molecule has 2 aromatic rings. The maximum absolute atomic E-state index is 12.6. The van der Waals surface area contributed by atoms with Gasteiger partial charge in [-0.1, -0.05) is 6.07 Å². The molecule has 0 aromatic heterocycles. The van der Waals surface area contributed by atoms with Gasteiger partial charge in [0.2, 0.25) is 10.0 Å². The van der Waals surface area contributed by atoms with Crippen molar-refractivity contribution in [2.75, 3.05) is 10.0 Å². The van der Waals surface area contributed by atoms with Crippen LogP contribution < -0.4 is 10.0 Å². The van der Waals surface area contributed by atoms with E-state index in [1.807, 2.05) is 13.0 Å². The summed E-state index contributed by atoms with van der Waals surface area (Å²) in [7, 11) is -3.43. The third-order valence-electron chi connectivity index (χ3n) is 4.25. The van der Waals surface area contributed by atoms with Crippen LogP contribution in [0.25, 0.3) is 0 Å². The van der Waals surface area contributed by atoms with Crippen LogP contribution in [-0.2, 0) is 22.7 Å². The van der Waals surface area contributed by atoms with Gasteiger partial charge in [0.1, 0.15) is 0 Å². The molecule has 0 fully saturated rings. The molecule has 0 aliphatic heterocycles. The SMILES string of the molecule is Cc1cc(NS(=O)(=O)C(C)C)c(C)cc1CNc1ccc(C(F)(F)F)cc1. The molecule has 0 amide bonds. The molecular weight excluding hydrogens is 377 g/mol. The Morgan fingerprint density at radius 3 is 2.11 bits per heavy atom. The van der Waals surface area contributed by atoms with Crippen molar-refractivity contribution in [3.05, 3.63) is 58.7 Å². The van der Waals surface area contributed by atoms with Crippen molar-refractivity contribution in [2.24, 2.45) is 0 Å². The number of alkyl halides is 3. The van der Waals surface area contributed by atoms with E-state index in [2.05, 4.69) is 10.0 Å². The summed E-state index contributed by atoms with van der Waals surface area (Å²) in [6, 6.07) is 8.46. The smallest absolute Gasteiger partial charge is 0.381 e. The molecule has 0 unspecified atom stereocenters. The molecule has 0 heterocycles. The summed E-state index contributed by atoms with van der Waals surface area (Å²) in [4.78, 5) is 0. The summed E-state index contributed by atoms with van der Waals surface area (Å²) in [6.45, 7) is 7.28. The largest absolute Gasteiger partial charge is 0.416 e. The fourth-order valence-corrected chi connectivity index (χ4v) is 3.18. The molecule has 0 spiro atoms. The van der Waals surface area contributed by atoms with Gasteiger partial charge in [0.25, 0.3) is 0 Å². The Morgan fingerprint density at radius 2 is 1.59 bits per heavy atom. The third kappa shape index (κ3) is 5.38. The molecule has 8 heteroatoms. The first kappa shape index (κ1) is 21.1. The van der Waals surface area contributed by atoms with Crippen molar-refractivity contribution in [3.63, 3.8) is 0 Å². The number of anilines is 2. The van der Waals surface area contributed by atoms with E-state index in [-0.39, 0.29) is 0 Å². The van der Waals surface area contributed by atoms with Crippen LogP contribution in [0.2, 0.25) is 0 Å². The standard InChI is InChI=1S/C19H23F3N2O2S/c1-12(2)27(25,26)24-18-10-13(3)15(9-14(18)4)11-23-17-7-5-16(6-8-17)19(20,21)22/h5-10,12,23-24H,11H2,1-4H3. The average molecular weight is 400 g/mol. The molecule has 27 heavy (non-hydrogen) atoms. The highest BCUT2D eigenvalue weighted by atomic mass is 32.2. The number of benzene rings is 2. The molecule has 0 saturated heterocycles. The van der Waals surface area contributed by atoms with E-state index in [1.165, 1.54) is 12.1 Å². The highest BCUT2D eigenvalue weighted by molar-refractivity contribution is 7.93. The Labute approximate surface area is 157 Å². The van der Waals surface area contributed by atoms with E-state index >= 15 is 0 Å². The van der Waals surface area contributed by atoms with Gasteiger partial charge in [-0.05, 0) is 74.7 Å². The second-order valence-electron chi connectivity index (χ2n) is 6.72. The van der Waals surface area contributed by atoms with E-state index in [0.717, 1.165) is 28.8 Å². The normalized spacial score (nSPS) is 12.3. The first-order valence-corrected chi connectivity index (χ1v) is 9.97. The predicted octanol–water partition coefficient (Wildman–Crippen LogP) is 5.08. The van der Waals surface area contributed by atoms with Gasteiger partial charge in [0.05, 0.1) is 16.5 Å². The second-order valence-corrected chi connectivity index (χ2v) is 8.96. The Balaban J connectivity index is 2.13. The van der Waals surface area contributed by atoms with Crippen LogP contribution in [0.3, 0.4) is 0 Å². The van der Waals surface area contributed by atoms with Gasteiger partial charge in [-0.25, -0.2) is 8.42 Å². The number of halogens is 3. The van der Waals surface area contributed by atoms with E-state index < -0.39 is 27.0 Å². The zero-order chi connectivity index (χ0) is 20.4. The average Bonchev–Trinajstić information content (AvgIpc) is 2.56. The van der Waals surface area contributed by atoms with Crippen molar-refractivity contribution >= 4 is 21.4 Å². The monoisotopic (exact) mass is 400 g/mol. The minimum atomic E-state index is -4.36. The first-order chi connectivity index (χ1) is 12.4. The molecular formula is C19H23F3N2O2S. The van der Waals surface area contributed by atoms with E-state index in [9.17, 15) is 21.6 Å². The zero-order valence-electron chi connectivity index (χ0n) is 15.6. The predicted molar refractivity (Wildman–Crippen MR) is 102 cm³/mol. The van der Waals surface area contributed by atoms with E-state index in [4.69, 9.17) is 0 Å². The number of nitrogens with one attached hydrogen (secondary N) is 2. The quantitative estimate of drug-likeness (QED) is 0.711. The van der Waals surface area contributed by atoms with Gasteiger partial charge in [-0.2, -0.15) is 13.2 Å². The summed E-state index contributed by atoms with van der Waals surface area (Å²) >= 11 is 0. The Morgan fingerprint density at radius 1 is 1.00 bits per heavy atom. The number of sulfonamides is 1. The van der Waals surface area contributed by atoms with Crippen molar-refractivity contribution < 1.29 is 21.6 Å².